The molecule has 28 heavy (non-hydrogen) atoms. The topological polar surface area (TPSA) is 108 Å². The zero-order valence-corrected chi connectivity index (χ0v) is 16.1. The molecule has 0 bridgehead atoms. The fraction of sp³-hybridized carbons (Fsp3) is 0.368. The summed E-state index contributed by atoms with van der Waals surface area (Å²) in [4.78, 5) is 43.6. The summed E-state index contributed by atoms with van der Waals surface area (Å²) in [6.45, 7) is 5.00. The largest absolute Gasteiger partial charge is 0.368 e. The summed E-state index contributed by atoms with van der Waals surface area (Å²) in [5.74, 6) is -0.119. The summed E-state index contributed by atoms with van der Waals surface area (Å²) in [6, 6.07) is 6.19. The van der Waals surface area contributed by atoms with Gasteiger partial charge in [-0.3, -0.25) is 14.2 Å². The lowest BCUT2D eigenvalue weighted by atomic mass is 10.1. The SMILES string of the molecule is Cc1ccc(N2CCCn3c2nc2c3c(=O)n(CC(N)=O)c(=O)n2C)c(C)c1. The van der Waals surface area contributed by atoms with Crippen molar-refractivity contribution in [3.63, 3.8) is 0 Å². The monoisotopic (exact) mass is 382 g/mol. The van der Waals surface area contributed by atoms with Crippen LogP contribution < -0.4 is 21.9 Å². The lowest BCUT2D eigenvalue weighted by Crippen LogP contribution is -2.42. The molecule has 3 heterocycles. The zero-order valence-electron chi connectivity index (χ0n) is 16.1. The molecule has 0 fully saturated rings. The highest BCUT2D eigenvalue weighted by molar-refractivity contribution is 5.78. The van der Waals surface area contributed by atoms with Gasteiger partial charge >= 0.3 is 5.69 Å². The van der Waals surface area contributed by atoms with Gasteiger partial charge in [-0.05, 0) is 31.9 Å². The number of amides is 1. The quantitative estimate of drug-likeness (QED) is 0.711. The molecule has 2 N–H and O–H groups in total. The van der Waals surface area contributed by atoms with Gasteiger partial charge in [0.05, 0.1) is 0 Å². The molecule has 1 amide bonds. The Morgan fingerprint density at radius 1 is 1.21 bits per heavy atom. The number of rotatable bonds is 3. The van der Waals surface area contributed by atoms with Crippen molar-refractivity contribution in [1.82, 2.24) is 18.7 Å². The molecular formula is C19H22N6O3. The molecule has 0 radical (unpaired) electrons. The van der Waals surface area contributed by atoms with Crippen molar-refractivity contribution in [1.29, 1.82) is 0 Å². The van der Waals surface area contributed by atoms with Gasteiger partial charge in [-0.2, -0.15) is 4.98 Å². The third kappa shape index (κ3) is 2.62. The van der Waals surface area contributed by atoms with Gasteiger partial charge in [0.25, 0.3) is 5.56 Å². The number of aryl methyl sites for hydroxylation is 4. The van der Waals surface area contributed by atoms with Crippen LogP contribution in [0.2, 0.25) is 0 Å². The van der Waals surface area contributed by atoms with Gasteiger partial charge in [0, 0.05) is 25.8 Å². The number of carbonyl (C=O) groups is 1. The molecule has 0 spiro atoms. The molecule has 1 aromatic carbocycles. The Balaban J connectivity index is 1.99. The van der Waals surface area contributed by atoms with Gasteiger partial charge in [-0.15, -0.1) is 0 Å². The van der Waals surface area contributed by atoms with Gasteiger partial charge in [0.2, 0.25) is 11.9 Å². The fourth-order valence-electron chi connectivity index (χ4n) is 3.90. The first-order valence-electron chi connectivity index (χ1n) is 9.12. The molecule has 3 aromatic rings. The van der Waals surface area contributed by atoms with Crippen LogP contribution in [0.4, 0.5) is 11.6 Å². The van der Waals surface area contributed by atoms with Crippen LogP contribution in [0, 0.1) is 13.8 Å². The number of imidazole rings is 1. The Morgan fingerprint density at radius 2 is 1.96 bits per heavy atom. The Morgan fingerprint density at radius 3 is 2.64 bits per heavy atom. The predicted molar refractivity (Wildman–Crippen MR) is 106 cm³/mol. The molecule has 2 aromatic heterocycles. The van der Waals surface area contributed by atoms with Gasteiger partial charge in [-0.1, -0.05) is 17.7 Å². The molecule has 9 nitrogen and oxygen atoms in total. The van der Waals surface area contributed by atoms with Crippen LogP contribution in [0.3, 0.4) is 0 Å². The Bertz CT molecular complexity index is 1230. The normalized spacial score (nSPS) is 13.8. The maximum Gasteiger partial charge on any atom is 0.332 e. The molecule has 0 saturated carbocycles. The van der Waals surface area contributed by atoms with E-state index in [1.807, 2.05) is 30.5 Å². The molecule has 9 heteroatoms. The number of primary amides is 1. The number of hydrogen-bond donors (Lipinski definition) is 1. The van der Waals surface area contributed by atoms with Crippen molar-refractivity contribution >= 4 is 28.7 Å². The molecule has 0 unspecified atom stereocenters. The number of fused-ring (bicyclic) bond motifs is 3. The smallest absolute Gasteiger partial charge is 0.332 e. The molecule has 0 saturated heterocycles. The van der Waals surface area contributed by atoms with Crippen molar-refractivity contribution < 1.29 is 4.79 Å². The number of nitrogens with two attached hydrogens (primary N) is 1. The van der Waals surface area contributed by atoms with E-state index in [0.717, 1.165) is 28.8 Å². The minimum absolute atomic E-state index is 0.308. The average molecular weight is 382 g/mol. The van der Waals surface area contributed by atoms with Gasteiger partial charge < -0.3 is 15.2 Å². The summed E-state index contributed by atoms with van der Waals surface area (Å²) < 4.78 is 4.00. The van der Waals surface area contributed by atoms with E-state index in [-0.39, 0.29) is 0 Å². The second-order valence-corrected chi connectivity index (χ2v) is 7.23. The van der Waals surface area contributed by atoms with Gasteiger partial charge in [0.1, 0.15) is 6.54 Å². The third-order valence-electron chi connectivity index (χ3n) is 5.17. The van der Waals surface area contributed by atoms with Crippen molar-refractivity contribution in [2.24, 2.45) is 12.8 Å². The molecule has 0 aliphatic carbocycles. The van der Waals surface area contributed by atoms with E-state index < -0.39 is 23.7 Å². The number of aromatic nitrogens is 4. The van der Waals surface area contributed by atoms with Gasteiger partial charge in [0.15, 0.2) is 11.2 Å². The van der Waals surface area contributed by atoms with E-state index in [9.17, 15) is 14.4 Å². The average Bonchev–Trinajstić information content (AvgIpc) is 3.03. The summed E-state index contributed by atoms with van der Waals surface area (Å²) in [7, 11) is 1.54. The third-order valence-corrected chi connectivity index (χ3v) is 5.17. The van der Waals surface area contributed by atoms with Crippen LogP contribution in [0.25, 0.3) is 11.2 Å². The highest BCUT2D eigenvalue weighted by Crippen LogP contribution is 2.33. The summed E-state index contributed by atoms with van der Waals surface area (Å²) in [6.07, 6.45) is 0.823. The number of carbonyl (C=O) groups excluding carboxylic acids is 1. The minimum Gasteiger partial charge on any atom is -0.368 e. The fourth-order valence-corrected chi connectivity index (χ4v) is 3.90. The van der Waals surface area contributed by atoms with Crippen molar-refractivity contribution in [2.45, 2.75) is 33.4 Å². The first-order valence-corrected chi connectivity index (χ1v) is 9.12. The molecule has 0 atom stereocenters. The number of nitrogens with zero attached hydrogens (tertiary/aromatic N) is 5. The highest BCUT2D eigenvalue weighted by atomic mass is 16.2. The van der Waals surface area contributed by atoms with Crippen molar-refractivity contribution in [3.8, 4) is 0 Å². The number of benzene rings is 1. The lowest BCUT2D eigenvalue weighted by molar-refractivity contribution is -0.118. The van der Waals surface area contributed by atoms with Crippen molar-refractivity contribution in [3.05, 3.63) is 50.2 Å². The van der Waals surface area contributed by atoms with Crippen LogP contribution in [0.5, 0.6) is 0 Å². The van der Waals surface area contributed by atoms with Crippen LogP contribution in [-0.4, -0.2) is 31.1 Å². The van der Waals surface area contributed by atoms with Crippen molar-refractivity contribution in [2.75, 3.05) is 11.4 Å². The zero-order chi connectivity index (χ0) is 20.2. The van der Waals surface area contributed by atoms with E-state index in [4.69, 9.17) is 5.73 Å². The van der Waals surface area contributed by atoms with E-state index in [2.05, 4.69) is 16.0 Å². The van der Waals surface area contributed by atoms with Crippen LogP contribution in [-0.2, 0) is 24.9 Å². The van der Waals surface area contributed by atoms with Crippen LogP contribution in [0.15, 0.2) is 27.8 Å². The highest BCUT2D eigenvalue weighted by Gasteiger charge is 2.27. The maximum absolute atomic E-state index is 13.0. The van der Waals surface area contributed by atoms with Gasteiger partial charge in [-0.25, -0.2) is 9.36 Å². The molecule has 1 aliphatic rings. The first kappa shape index (κ1) is 18.0. The van der Waals surface area contributed by atoms with E-state index in [1.165, 1.54) is 10.1 Å². The predicted octanol–water partition coefficient (Wildman–Crippen LogP) is 0.541. The molecule has 4 rings (SSSR count). The maximum atomic E-state index is 13.0. The Labute approximate surface area is 160 Å². The van der Waals surface area contributed by atoms with Crippen LogP contribution in [0.1, 0.15) is 17.5 Å². The van der Waals surface area contributed by atoms with E-state index in [1.54, 1.807) is 7.05 Å². The summed E-state index contributed by atoms with van der Waals surface area (Å²) in [5.41, 5.74) is 7.99. The molecule has 146 valence electrons. The minimum atomic E-state index is -0.742. The standard InChI is InChI=1S/C19H22N6O3/c1-11-5-6-13(12(2)9-11)23-7-4-8-24-15-16(21-18(23)24)22(3)19(28)25(17(15)27)10-14(20)26/h5-6,9H,4,7-8,10H2,1-3H3,(H2,20,26). The molecular weight excluding hydrogens is 360 g/mol. The second-order valence-electron chi connectivity index (χ2n) is 7.23. The number of anilines is 2. The van der Waals surface area contributed by atoms with Crippen LogP contribution >= 0.6 is 0 Å². The Hall–Kier alpha value is -3.36. The summed E-state index contributed by atoms with van der Waals surface area (Å²) in [5, 5.41) is 0. The molecule has 1 aliphatic heterocycles. The number of hydrogen-bond acceptors (Lipinski definition) is 5. The first-order chi connectivity index (χ1) is 13.3. The summed E-state index contributed by atoms with van der Waals surface area (Å²) >= 11 is 0. The lowest BCUT2D eigenvalue weighted by Gasteiger charge is -2.30. The van der Waals surface area contributed by atoms with E-state index >= 15 is 0 Å². The second kappa shape index (κ2) is 6.36. The van der Waals surface area contributed by atoms with E-state index in [0.29, 0.717) is 23.7 Å². The Kier molecular flexibility index (Phi) is 4.10.